The number of carbonyl (C=O) groups excluding carboxylic acids is 2. The fraction of sp³-hybridized carbons (Fsp3) is 0.385. The highest BCUT2D eigenvalue weighted by molar-refractivity contribution is 6.30. The molecule has 32 heavy (non-hydrogen) atoms. The molecule has 1 saturated heterocycles. The van der Waals surface area contributed by atoms with Crippen LogP contribution < -0.4 is 4.74 Å². The number of fused-ring (bicyclic) bond motifs is 3. The first-order valence-corrected chi connectivity index (χ1v) is 11.5. The minimum absolute atomic E-state index is 0.0241. The van der Waals surface area contributed by atoms with E-state index in [1.807, 2.05) is 30.9 Å². The lowest BCUT2D eigenvalue weighted by Gasteiger charge is -2.35. The highest BCUT2D eigenvalue weighted by Gasteiger charge is 2.40. The lowest BCUT2D eigenvalue weighted by molar-refractivity contribution is 0.0507. The van der Waals surface area contributed by atoms with Crippen molar-refractivity contribution in [3.8, 4) is 5.75 Å². The number of halogens is 1. The third-order valence-corrected chi connectivity index (χ3v) is 7.14. The van der Waals surface area contributed by atoms with Gasteiger partial charge in [0.1, 0.15) is 16.9 Å². The minimum atomic E-state index is -0.789. The molecule has 2 aliphatic heterocycles. The van der Waals surface area contributed by atoms with Crippen LogP contribution >= 0.6 is 11.6 Å². The van der Waals surface area contributed by atoms with E-state index in [2.05, 4.69) is 6.92 Å². The number of aryl methyl sites for hydroxylation is 1. The molecule has 1 amide bonds. The average Bonchev–Trinajstić information content (AvgIpc) is 3.10. The van der Waals surface area contributed by atoms with Crippen LogP contribution in [0.4, 0.5) is 0 Å². The maximum Gasteiger partial charge on any atom is 0.289 e. The lowest BCUT2D eigenvalue weighted by Crippen LogP contribution is -2.38. The Morgan fingerprint density at radius 3 is 2.50 bits per heavy atom. The zero-order valence-corrected chi connectivity index (χ0v) is 19.3. The van der Waals surface area contributed by atoms with E-state index >= 15 is 0 Å². The van der Waals surface area contributed by atoms with Crippen LogP contribution in [-0.2, 0) is 5.60 Å². The number of carbonyl (C=O) groups is 2. The molecule has 1 aromatic heterocycles. The molecule has 0 unspecified atom stereocenters. The van der Waals surface area contributed by atoms with Gasteiger partial charge in [0, 0.05) is 29.1 Å². The molecular weight excluding hydrogens is 426 g/mol. The van der Waals surface area contributed by atoms with E-state index < -0.39 is 5.60 Å². The van der Waals surface area contributed by atoms with E-state index in [1.165, 1.54) is 0 Å². The number of ketones is 1. The number of likely N-dealkylation sites (tertiary alicyclic amines) is 1. The van der Waals surface area contributed by atoms with Gasteiger partial charge in [-0.2, -0.15) is 0 Å². The summed E-state index contributed by atoms with van der Waals surface area (Å²) in [7, 11) is 0. The van der Waals surface area contributed by atoms with Crippen molar-refractivity contribution >= 4 is 34.3 Å². The molecule has 0 radical (unpaired) electrons. The second kappa shape index (κ2) is 7.66. The second-order valence-corrected chi connectivity index (χ2v) is 9.72. The molecule has 0 aliphatic carbocycles. The van der Waals surface area contributed by atoms with E-state index in [4.69, 9.17) is 20.8 Å². The maximum atomic E-state index is 13.4. The summed E-state index contributed by atoms with van der Waals surface area (Å²) in [5, 5.41) is 1.32. The Morgan fingerprint density at radius 2 is 1.81 bits per heavy atom. The Kier molecular flexibility index (Phi) is 5.05. The van der Waals surface area contributed by atoms with Crippen molar-refractivity contribution in [3.05, 3.63) is 63.9 Å². The van der Waals surface area contributed by atoms with E-state index in [-0.39, 0.29) is 18.1 Å². The maximum absolute atomic E-state index is 13.4. The highest BCUT2D eigenvalue weighted by atomic mass is 35.5. The summed E-state index contributed by atoms with van der Waals surface area (Å²) in [4.78, 5) is 28.4. The Morgan fingerprint density at radius 1 is 1.12 bits per heavy atom. The van der Waals surface area contributed by atoms with Crippen molar-refractivity contribution in [2.45, 2.75) is 45.6 Å². The van der Waals surface area contributed by atoms with Crippen molar-refractivity contribution in [1.82, 2.24) is 4.90 Å². The van der Waals surface area contributed by atoms with Gasteiger partial charge in [-0.15, -0.1) is 0 Å². The van der Waals surface area contributed by atoms with Crippen LogP contribution in [-0.4, -0.2) is 29.7 Å². The Labute approximate surface area is 192 Å². The quantitative estimate of drug-likeness (QED) is 0.469. The fourth-order valence-electron chi connectivity index (χ4n) is 4.88. The normalized spacial score (nSPS) is 21.5. The van der Waals surface area contributed by atoms with Crippen molar-refractivity contribution in [2.24, 2.45) is 5.92 Å². The first-order valence-electron chi connectivity index (χ1n) is 11.1. The van der Waals surface area contributed by atoms with Crippen LogP contribution in [0.3, 0.4) is 0 Å². The zero-order valence-electron chi connectivity index (χ0n) is 18.5. The number of nitrogens with zero attached hydrogens (tertiary/aromatic N) is 1. The van der Waals surface area contributed by atoms with Crippen molar-refractivity contribution < 1.29 is 18.7 Å². The molecule has 2 aromatic carbocycles. The first kappa shape index (κ1) is 21.1. The van der Waals surface area contributed by atoms with E-state index in [1.54, 1.807) is 24.3 Å². The van der Waals surface area contributed by atoms with Crippen molar-refractivity contribution in [1.29, 1.82) is 0 Å². The smallest absolute Gasteiger partial charge is 0.289 e. The van der Waals surface area contributed by atoms with Gasteiger partial charge in [0.2, 0.25) is 0 Å². The predicted molar refractivity (Wildman–Crippen MR) is 124 cm³/mol. The number of Topliss-reactive ketones (excluding diaryl/α,β-unsaturated/α-hetero) is 1. The molecule has 6 heteroatoms. The van der Waals surface area contributed by atoms with Crippen LogP contribution in [0.15, 0.2) is 40.8 Å². The predicted octanol–water partition coefficient (Wildman–Crippen LogP) is 6.15. The molecular formula is C26H26ClNO4. The standard InChI is InChI=1S/C26H26ClNO4/c1-15-10-12-28(13-11-15)25(30)24-16(2)22-20(31-24)8-9-21-23(22)19(29)14-26(3,32-21)17-4-6-18(27)7-5-17/h4-9,15H,10-14H2,1-3H3/t26-/m1/s1. The number of hydrogen-bond acceptors (Lipinski definition) is 4. The second-order valence-electron chi connectivity index (χ2n) is 9.28. The van der Waals surface area contributed by atoms with Gasteiger partial charge in [0.15, 0.2) is 11.5 Å². The number of piperidine rings is 1. The van der Waals surface area contributed by atoms with Gasteiger partial charge >= 0.3 is 0 Å². The van der Waals surface area contributed by atoms with Crippen molar-refractivity contribution in [3.63, 3.8) is 0 Å². The largest absolute Gasteiger partial charge is 0.482 e. The number of amides is 1. The molecule has 5 nitrogen and oxygen atoms in total. The molecule has 2 aliphatic rings. The van der Waals surface area contributed by atoms with Gasteiger partial charge in [0.05, 0.1) is 12.0 Å². The van der Waals surface area contributed by atoms with Gasteiger partial charge in [-0.05, 0) is 62.4 Å². The number of furan rings is 1. The number of rotatable bonds is 2. The summed E-state index contributed by atoms with van der Waals surface area (Å²) in [5.74, 6) is 1.34. The van der Waals surface area contributed by atoms with E-state index in [0.29, 0.717) is 44.5 Å². The SMILES string of the molecule is Cc1c(C(=O)N2CCC(C)CC2)oc2ccc3c(c12)C(=O)C[C@](C)(c1ccc(Cl)cc1)O3. The topological polar surface area (TPSA) is 59.8 Å². The fourth-order valence-corrected chi connectivity index (χ4v) is 5.01. The molecule has 3 heterocycles. The molecule has 0 N–H and O–H groups in total. The Hall–Kier alpha value is -2.79. The first-order chi connectivity index (χ1) is 15.3. The molecule has 5 rings (SSSR count). The third-order valence-electron chi connectivity index (χ3n) is 6.89. The van der Waals surface area contributed by atoms with Crippen molar-refractivity contribution in [2.75, 3.05) is 13.1 Å². The summed E-state index contributed by atoms with van der Waals surface area (Å²) in [5.41, 5.74) is 1.85. The summed E-state index contributed by atoms with van der Waals surface area (Å²) in [6.07, 6.45) is 2.19. The van der Waals surface area contributed by atoms with E-state index in [9.17, 15) is 9.59 Å². The van der Waals surface area contributed by atoms with E-state index in [0.717, 1.165) is 31.5 Å². The molecule has 1 atom stereocenters. The number of benzene rings is 2. The Bertz CT molecular complexity index is 1220. The molecule has 166 valence electrons. The summed E-state index contributed by atoms with van der Waals surface area (Å²) >= 11 is 6.03. The minimum Gasteiger partial charge on any atom is -0.482 e. The van der Waals surface area contributed by atoms with Crippen LogP contribution in [0.25, 0.3) is 11.0 Å². The molecule has 0 bridgehead atoms. The summed E-state index contributed by atoms with van der Waals surface area (Å²) in [6.45, 7) is 7.44. The lowest BCUT2D eigenvalue weighted by atomic mass is 9.84. The zero-order chi connectivity index (χ0) is 22.6. The third kappa shape index (κ3) is 3.39. The van der Waals surface area contributed by atoms with Gasteiger partial charge in [0.25, 0.3) is 5.91 Å². The van der Waals surface area contributed by atoms with Gasteiger partial charge in [-0.3, -0.25) is 9.59 Å². The molecule has 3 aromatic rings. The van der Waals surface area contributed by atoms with Gasteiger partial charge < -0.3 is 14.1 Å². The molecule has 0 saturated carbocycles. The van der Waals surface area contributed by atoms with Gasteiger partial charge in [-0.1, -0.05) is 30.7 Å². The van der Waals surface area contributed by atoms with Gasteiger partial charge in [-0.25, -0.2) is 0 Å². The number of hydrogen-bond donors (Lipinski definition) is 0. The average molecular weight is 452 g/mol. The monoisotopic (exact) mass is 451 g/mol. The van der Waals surface area contributed by atoms with Crippen LogP contribution in [0.2, 0.25) is 5.02 Å². The van der Waals surface area contributed by atoms with Crippen LogP contribution in [0.1, 0.15) is 65.1 Å². The van der Waals surface area contributed by atoms with Crippen LogP contribution in [0, 0.1) is 12.8 Å². The Balaban J connectivity index is 1.54. The van der Waals surface area contributed by atoms with Crippen LogP contribution in [0.5, 0.6) is 5.75 Å². The molecule has 0 spiro atoms. The summed E-state index contributed by atoms with van der Waals surface area (Å²) < 4.78 is 12.4. The highest BCUT2D eigenvalue weighted by Crippen LogP contribution is 2.44. The molecule has 1 fully saturated rings. The summed E-state index contributed by atoms with van der Waals surface area (Å²) in [6, 6.07) is 10.9. The number of ether oxygens (including phenoxy) is 1.